The Kier molecular flexibility index (Phi) is 8.87. The lowest BCUT2D eigenvalue weighted by molar-refractivity contribution is 0.0491. The fraction of sp³-hybridized carbons (Fsp3) is 0.636. The molecule has 0 fully saturated rings. The third-order valence-corrected chi connectivity index (χ3v) is 3.43. The van der Waals surface area contributed by atoms with Gasteiger partial charge >= 0.3 is 15.2 Å². The van der Waals surface area contributed by atoms with Crippen LogP contribution in [0.4, 0.5) is 5.95 Å². The number of hydrogen-bond donors (Lipinski definition) is 5. The maximum Gasteiger partial charge on any atom is 0.350 e. The second kappa shape index (κ2) is 10.1. The van der Waals surface area contributed by atoms with Crippen LogP contribution in [0.5, 0.6) is 11.8 Å². The van der Waals surface area contributed by atoms with Crippen LogP contribution in [0.2, 0.25) is 0 Å². The number of ether oxygens (including phenoxy) is 4. The molecule has 13 nitrogen and oxygen atoms in total. The molecule has 6 N–H and O–H groups in total. The Morgan fingerprint density at radius 1 is 1.04 bits per heavy atom. The quantitative estimate of drug-likeness (QED) is 0.215. The number of anilines is 1. The van der Waals surface area contributed by atoms with Crippen LogP contribution < -0.4 is 15.2 Å². The summed E-state index contributed by atoms with van der Waals surface area (Å²) in [6.45, 7) is 1.37. The summed E-state index contributed by atoms with van der Waals surface area (Å²) in [5, 5.41) is 0. The van der Waals surface area contributed by atoms with Crippen LogP contribution in [-0.2, 0) is 18.6 Å². The van der Waals surface area contributed by atoms with E-state index in [1.54, 1.807) is 6.92 Å². The molecule has 15 heteroatoms. The predicted molar refractivity (Wildman–Crippen MR) is 87.8 cm³/mol. The standard InChI is InChI=1S/C11H21N3O10P2/c1-8(24-7-26(18,19)20)5-23-10-4-9(13-11(12)14-10)22-3-2-21-6-25(15,16)17/h4,8H,2-3,5-7H2,1H3,(H2,12,13,14)(H2,15,16,17)(H2,18,19,20)/t8-/m1/s1. The fourth-order valence-electron chi connectivity index (χ4n) is 1.43. The molecule has 1 aromatic rings. The number of aromatic nitrogens is 2. The van der Waals surface area contributed by atoms with Gasteiger partial charge in [0.25, 0.3) is 0 Å². The first-order valence-electron chi connectivity index (χ1n) is 7.13. The number of nitrogen functional groups attached to an aromatic ring is 1. The van der Waals surface area contributed by atoms with E-state index in [0.29, 0.717) is 0 Å². The van der Waals surface area contributed by atoms with Crippen molar-refractivity contribution in [3.8, 4) is 11.8 Å². The zero-order valence-electron chi connectivity index (χ0n) is 13.8. The monoisotopic (exact) mass is 417 g/mol. The Morgan fingerprint density at radius 3 is 2.19 bits per heavy atom. The summed E-state index contributed by atoms with van der Waals surface area (Å²) in [5.41, 5.74) is 5.52. The van der Waals surface area contributed by atoms with E-state index in [-0.39, 0.29) is 37.5 Å². The van der Waals surface area contributed by atoms with Crippen LogP contribution in [0.25, 0.3) is 0 Å². The minimum absolute atomic E-state index is 0.0440. The van der Waals surface area contributed by atoms with Crippen molar-refractivity contribution in [2.75, 3.05) is 38.3 Å². The van der Waals surface area contributed by atoms with Gasteiger partial charge in [0.15, 0.2) is 0 Å². The van der Waals surface area contributed by atoms with Crippen molar-refractivity contribution in [1.29, 1.82) is 0 Å². The summed E-state index contributed by atoms with van der Waals surface area (Å²) in [4.78, 5) is 42.3. The molecule has 1 heterocycles. The summed E-state index contributed by atoms with van der Waals surface area (Å²) in [7, 11) is -8.50. The summed E-state index contributed by atoms with van der Waals surface area (Å²) >= 11 is 0. The molecule has 1 atom stereocenters. The molecule has 0 bridgehead atoms. The van der Waals surface area contributed by atoms with E-state index in [9.17, 15) is 9.13 Å². The van der Waals surface area contributed by atoms with Crippen LogP contribution in [0, 0.1) is 0 Å². The first-order chi connectivity index (χ1) is 11.9. The van der Waals surface area contributed by atoms with E-state index in [4.69, 9.17) is 44.3 Å². The molecule has 150 valence electrons. The zero-order chi connectivity index (χ0) is 19.8. The third-order valence-electron chi connectivity index (χ3n) is 2.43. The number of rotatable bonds is 12. The summed E-state index contributed by atoms with van der Waals surface area (Å²) < 4.78 is 41.5. The lowest BCUT2D eigenvalue weighted by Crippen LogP contribution is -2.19. The highest BCUT2D eigenvalue weighted by Crippen LogP contribution is 2.34. The van der Waals surface area contributed by atoms with Crippen LogP contribution in [0.3, 0.4) is 0 Å². The van der Waals surface area contributed by atoms with Gasteiger partial charge in [0.05, 0.1) is 18.8 Å². The van der Waals surface area contributed by atoms with Crippen LogP contribution in [0.15, 0.2) is 6.07 Å². The van der Waals surface area contributed by atoms with Crippen molar-refractivity contribution in [1.82, 2.24) is 9.97 Å². The van der Waals surface area contributed by atoms with Gasteiger partial charge in [-0.05, 0) is 6.92 Å². The van der Waals surface area contributed by atoms with Crippen molar-refractivity contribution in [2.24, 2.45) is 0 Å². The Hall–Kier alpha value is -1.30. The molecule has 1 aromatic heterocycles. The molecule has 1 rings (SSSR count). The molecule has 0 spiro atoms. The first-order valence-corrected chi connectivity index (χ1v) is 10.7. The van der Waals surface area contributed by atoms with Crippen molar-refractivity contribution in [3.05, 3.63) is 6.07 Å². The lowest BCUT2D eigenvalue weighted by Gasteiger charge is -2.15. The van der Waals surface area contributed by atoms with Gasteiger partial charge < -0.3 is 44.3 Å². The second-order valence-corrected chi connectivity index (χ2v) is 8.21. The van der Waals surface area contributed by atoms with E-state index in [1.165, 1.54) is 6.07 Å². The van der Waals surface area contributed by atoms with E-state index in [2.05, 4.69) is 9.97 Å². The number of nitrogens with two attached hydrogens (primary N) is 1. The molecule has 0 saturated heterocycles. The van der Waals surface area contributed by atoms with Crippen LogP contribution in [-0.4, -0.2) is 68.2 Å². The fourth-order valence-corrected chi connectivity index (χ4v) is 2.25. The van der Waals surface area contributed by atoms with Crippen molar-refractivity contribution >= 4 is 21.1 Å². The summed E-state index contributed by atoms with van der Waals surface area (Å²) in [5.74, 6) is -0.0382. The highest BCUT2D eigenvalue weighted by Gasteiger charge is 2.16. The molecular weight excluding hydrogens is 396 g/mol. The molecule has 0 radical (unpaired) electrons. The van der Waals surface area contributed by atoms with Crippen LogP contribution in [0.1, 0.15) is 6.92 Å². The summed E-state index contributed by atoms with van der Waals surface area (Å²) in [6.07, 6.45) is -2.07. The maximum absolute atomic E-state index is 10.7. The molecule has 26 heavy (non-hydrogen) atoms. The largest absolute Gasteiger partial charge is 0.475 e. The SMILES string of the molecule is C[C@H](COc1cc(OCCOCP(=O)(O)O)nc(N)n1)OCP(=O)(O)O. The van der Waals surface area contributed by atoms with Gasteiger partial charge in [-0.1, -0.05) is 0 Å². The zero-order valence-corrected chi connectivity index (χ0v) is 15.6. The molecule has 0 amide bonds. The topological polar surface area (TPSA) is 204 Å². The van der Waals surface area contributed by atoms with Gasteiger partial charge in [0.1, 0.15) is 25.9 Å². The van der Waals surface area contributed by atoms with Crippen molar-refractivity contribution in [3.63, 3.8) is 0 Å². The van der Waals surface area contributed by atoms with Gasteiger partial charge in [0, 0.05) is 0 Å². The van der Waals surface area contributed by atoms with Gasteiger partial charge in [-0.2, -0.15) is 9.97 Å². The molecule has 0 saturated carbocycles. The molecule has 0 aromatic carbocycles. The average molecular weight is 417 g/mol. The molecule has 0 aliphatic heterocycles. The van der Waals surface area contributed by atoms with Gasteiger partial charge in [-0.25, -0.2) is 0 Å². The minimum atomic E-state index is -4.26. The number of nitrogens with zero attached hydrogens (tertiary/aromatic N) is 2. The minimum Gasteiger partial charge on any atom is -0.475 e. The van der Waals surface area contributed by atoms with Crippen molar-refractivity contribution < 1.29 is 47.7 Å². The Morgan fingerprint density at radius 2 is 1.62 bits per heavy atom. The predicted octanol–water partition coefficient (Wildman–Crippen LogP) is -0.492. The van der Waals surface area contributed by atoms with E-state index < -0.39 is 34.0 Å². The van der Waals surface area contributed by atoms with Crippen LogP contribution >= 0.6 is 15.2 Å². The van der Waals surface area contributed by atoms with E-state index >= 15 is 0 Å². The smallest absolute Gasteiger partial charge is 0.350 e. The lowest BCUT2D eigenvalue weighted by atomic mass is 10.4. The third kappa shape index (κ3) is 11.3. The molecule has 0 aliphatic rings. The van der Waals surface area contributed by atoms with Gasteiger partial charge in [-0.15, -0.1) is 0 Å². The molecular formula is C11H21N3O10P2. The van der Waals surface area contributed by atoms with Gasteiger partial charge in [-0.3, -0.25) is 9.13 Å². The highest BCUT2D eigenvalue weighted by molar-refractivity contribution is 7.51. The van der Waals surface area contributed by atoms with E-state index in [1.807, 2.05) is 0 Å². The normalized spacial score (nSPS) is 13.4. The molecule has 0 unspecified atom stereocenters. The maximum atomic E-state index is 10.7. The molecule has 0 aliphatic carbocycles. The second-order valence-electron chi connectivity index (χ2n) is 5.04. The van der Waals surface area contributed by atoms with E-state index in [0.717, 1.165) is 0 Å². The Bertz CT molecular complexity index is 664. The summed E-state index contributed by atoms with van der Waals surface area (Å²) in [6, 6.07) is 1.31. The average Bonchev–Trinajstić information content (AvgIpc) is 2.48. The van der Waals surface area contributed by atoms with Crippen molar-refractivity contribution in [2.45, 2.75) is 13.0 Å². The Labute approximate surface area is 148 Å². The Balaban J connectivity index is 2.43. The number of hydrogen-bond acceptors (Lipinski definition) is 9. The van der Waals surface area contributed by atoms with Gasteiger partial charge in [0.2, 0.25) is 17.7 Å². The highest BCUT2D eigenvalue weighted by atomic mass is 31.2. The first kappa shape index (κ1) is 22.7.